The third-order valence-corrected chi connectivity index (χ3v) is 4.04. The number of benzene rings is 1. The Hall–Kier alpha value is -1.39. The first kappa shape index (κ1) is 10.7. The maximum Gasteiger partial charge on any atom is 0.128 e. The van der Waals surface area contributed by atoms with Crippen LogP contribution in [0.25, 0.3) is 11.3 Å². The number of hydrogen-bond acceptors (Lipinski definition) is 4. The fourth-order valence-electron chi connectivity index (χ4n) is 1.92. The van der Waals surface area contributed by atoms with Crippen molar-refractivity contribution in [3.8, 4) is 17.0 Å². The van der Waals surface area contributed by atoms with E-state index in [2.05, 4.69) is 16.8 Å². The van der Waals surface area contributed by atoms with Crippen LogP contribution in [0.15, 0.2) is 29.6 Å². The SMILES string of the molecule is COc1ccccc1-c1csc(C2CNC2)n1. The molecule has 1 aliphatic rings. The van der Waals surface area contributed by atoms with Gasteiger partial charge in [-0.15, -0.1) is 11.3 Å². The Bertz CT molecular complexity index is 520. The number of ether oxygens (including phenoxy) is 1. The van der Waals surface area contributed by atoms with Crippen molar-refractivity contribution in [1.29, 1.82) is 0 Å². The molecule has 4 heteroatoms. The van der Waals surface area contributed by atoms with Gasteiger partial charge >= 0.3 is 0 Å². The van der Waals surface area contributed by atoms with Crippen LogP contribution < -0.4 is 10.1 Å². The lowest BCUT2D eigenvalue weighted by molar-refractivity contribution is 0.416. The van der Waals surface area contributed by atoms with E-state index in [1.54, 1.807) is 18.4 Å². The molecule has 3 rings (SSSR count). The number of methoxy groups -OCH3 is 1. The van der Waals surface area contributed by atoms with Crippen molar-refractivity contribution in [2.24, 2.45) is 0 Å². The number of para-hydroxylation sites is 1. The van der Waals surface area contributed by atoms with Crippen molar-refractivity contribution in [2.75, 3.05) is 20.2 Å². The summed E-state index contributed by atoms with van der Waals surface area (Å²) in [7, 11) is 1.70. The molecule has 1 N–H and O–H groups in total. The van der Waals surface area contributed by atoms with E-state index in [0.717, 1.165) is 30.1 Å². The number of aromatic nitrogens is 1. The molecule has 2 heterocycles. The molecule has 0 radical (unpaired) electrons. The Balaban J connectivity index is 1.94. The molecule has 1 aliphatic heterocycles. The predicted octanol–water partition coefficient (Wildman–Crippen LogP) is 2.51. The quantitative estimate of drug-likeness (QED) is 0.903. The first-order valence-electron chi connectivity index (χ1n) is 5.68. The highest BCUT2D eigenvalue weighted by atomic mass is 32.1. The van der Waals surface area contributed by atoms with Gasteiger partial charge in [-0.05, 0) is 12.1 Å². The molecule has 17 heavy (non-hydrogen) atoms. The van der Waals surface area contributed by atoms with Gasteiger partial charge in [0.1, 0.15) is 5.75 Å². The molecule has 0 unspecified atom stereocenters. The van der Waals surface area contributed by atoms with E-state index >= 15 is 0 Å². The number of thiazole rings is 1. The zero-order chi connectivity index (χ0) is 11.7. The molecule has 1 aromatic heterocycles. The Labute approximate surface area is 104 Å². The molecular weight excluding hydrogens is 232 g/mol. The van der Waals surface area contributed by atoms with Crippen molar-refractivity contribution in [3.63, 3.8) is 0 Å². The summed E-state index contributed by atoms with van der Waals surface area (Å²) in [4.78, 5) is 4.71. The molecule has 0 bridgehead atoms. The van der Waals surface area contributed by atoms with E-state index in [1.165, 1.54) is 5.01 Å². The third kappa shape index (κ3) is 1.94. The Morgan fingerprint density at radius 2 is 2.18 bits per heavy atom. The highest BCUT2D eigenvalue weighted by Crippen LogP contribution is 2.33. The number of nitrogens with one attached hydrogen (secondary N) is 1. The first-order chi connectivity index (χ1) is 8.38. The molecule has 3 nitrogen and oxygen atoms in total. The number of rotatable bonds is 3. The molecule has 1 aromatic carbocycles. The highest BCUT2D eigenvalue weighted by molar-refractivity contribution is 7.10. The lowest BCUT2D eigenvalue weighted by Gasteiger charge is -2.24. The van der Waals surface area contributed by atoms with Crippen LogP contribution in [0.3, 0.4) is 0 Å². The Kier molecular flexibility index (Phi) is 2.82. The molecule has 0 saturated carbocycles. The topological polar surface area (TPSA) is 34.1 Å². The van der Waals surface area contributed by atoms with Gasteiger partial charge < -0.3 is 10.1 Å². The van der Waals surface area contributed by atoms with Crippen molar-refractivity contribution in [2.45, 2.75) is 5.92 Å². The van der Waals surface area contributed by atoms with Crippen LogP contribution in [0, 0.1) is 0 Å². The predicted molar refractivity (Wildman–Crippen MR) is 69.7 cm³/mol. The van der Waals surface area contributed by atoms with E-state index in [4.69, 9.17) is 9.72 Å². The molecular formula is C13H14N2OS. The zero-order valence-corrected chi connectivity index (χ0v) is 10.5. The lowest BCUT2D eigenvalue weighted by atomic mass is 10.1. The maximum absolute atomic E-state index is 5.36. The summed E-state index contributed by atoms with van der Waals surface area (Å²) in [6, 6.07) is 8.02. The molecule has 1 fully saturated rings. The van der Waals surface area contributed by atoms with Crippen molar-refractivity contribution >= 4 is 11.3 Å². The minimum atomic E-state index is 0.600. The van der Waals surface area contributed by atoms with E-state index in [9.17, 15) is 0 Å². The summed E-state index contributed by atoms with van der Waals surface area (Å²) in [5, 5.41) is 6.62. The second-order valence-corrected chi connectivity index (χ2v) is 5.02. The molecule has 0 amide bonds. The van der Waals surface area contributed by atoms with Gasteiger partial charge in [-0.3, -0.25) is 0 Å². The average molecular weight is 246 g/mol. The van der Waals surface area contributed by atoms with Crippen LogP contribution in [-0.4, -0.2) is 25.2 Å². The van der Waals surface area contributed by atoms with Crippen LogP contribution >= 0.6 is 11.3 Å². The van der Waals surface area contributed by atoms with Crippen LogP contribution in [0.5, 0.6) is 5.75 Å². The van der Waals surface area contributed by atoms with E-state index in [0.29, 0.717) is 5.92 Å². The van der Waals surface area contributed by atoms with Gasteiger partial charge in [0.2, 0.25) is 0 Å². The number of hydrogen-bond donors (Lipinski definition) is 1. The van der Waals surface area contributed by atoms with Gasteiger partial charge in [-0.25, -0.2) is 4.98 Å². The molecule has 88 valence electrons. The van der Waals surface area contributed by atoms with Crippen LogP contribution in [0.1, 0.15) is 10.9 Å². The lowest BCUT2D eigenvalue weighted by Crippen LogP contribution is -2.39. The first-order valence-corrected chi connectivity index (χ1v) is 6.56. The average Bonchev–Trinajstić information content (AvgIpc) is 2.76. The molecule has 0 spiro atoms. The summed E-state index contributed by atoms with van der Waals surface area (Å²) in [5.41, 5.74) is 2.10. The molecule has 1 saturated heterocycles. The van der Waals surface area contributed by atoms with Gasteiger partial charge in [0.25, 0.3) is 0 Å². The fraction of sp³-hybridized carbons (Fsp3) is 0.308. The number of nitrogens with zero attached hydrogens (tertiary/aromatic N) is 1. The maximum atomic E-state index is 5.36. The fourth-order valence-corrected chi connectivity index (χ4v) is 2.84. The molecule has 0 aliphatic carbocycles. The molecule has 2 aromatic rings. The largest absolute Gasteiger partial charge is 0.496 e. The monoisotopic (exact) mass is 246 g/mol. The van der Waals surface area contributed by atoms with Gasteiger partial charge in [-0.1, -0.05) is 12.1 Å². The Morgan fingerprint density at radius 3 is 2.88 bits per heavy atom. The van der Waals surface area contributed by atoms with Crippen LogP contribution in [-0.2, 0) is 0 Å². The Morgan fingerprint density at radius 1 is 1.35 bits per heavy atom. The van der Waals surface area contributed by atoms with Gasteiger partial charge in [-0.2, -0.15) is 0 Å². The van der Waals surface area contributed by atoms with Gasteiger partial charge in [0.15, 0.2) is 0 Å². The van der Waals surface area contributed by atoms with Crippen molar-refractivity contribution < 1.29 is 4.74 Å². The second-order valence-electron chi connectivity index (χ2n) is 4.13. The summed E-state index contributed by atoms with van der Waals surface area (Å²) >= 11 is 1.74. The van der Waals surface area contributed by atoms with Gasteiger partial charge in [0, 0.05) is 30.0 Å². The summed E-state index contributed by atoms with van der Waals surface area (Å²) in [6.07, 6.45) is 0. The summed E-state index contributed by atoms with van der Waals surface area (Å²) in [6.45, 7) is 2.11. The smallest absolute Gasteiger partial charge is 0.128 e. The third-order valence-electron chi connectivity index (χ3n) is 3.04. The summed E-state index contributed by atoms with van der Waals surface area (Å²) < 4.78 is 5.36. The highest BCUT2D eigenvalue weighted by Gasteiger charge is 2.22. The minimum absolute atomic E-state index is 0.600. The van der Waals surface area contributed by atoms with Crippen molar-refractivity contribution in [1.82, 2.24) is 10.3 Å². The normalized spacial score (nSPS) is 15.6. The van der Waals surface area contributed by atoms with E-state index < -0.39 is 0 Å². The standard InChI is InChI=1S/C13H14N2OS/c1-16-12-5-3-2-4-10(12)11-8-17-13(15-11)9-6-14-7-9/h2-5,8-9,14H,6-7H2,1H3. The van der Waals surface area contributed by atoms with Crippen LogP contribution in [0.2, 0.25) is 0 Å². The van der Waals surface area contributed by atoms with E-state index in [1.807, 2.05) is 18.2 Å². The van der Waals surface area contributed by atoms with E-state index in [-0.39, 0.29) is 0 Å². The van der Waals surface area contributed by atoms with Crippen molar-refractivity contribution in [3.05, 3.63) is 34.7 Å². The van der Waals surface area contributed by atoms with Crippen LogP contribution in [0.4, 0.5) is 0 Å². The summed E-state index contributed by atoms with van der Waals surface area (Å²) in [5.74, 6) is 1.49. The second kappa shape index (κ2) is 4.47. The van der Waals surface area contributed by atoms with Gasteiger partial charge in [0.05, 0.1) is 17.8 Å². The molecule has 0 atom stereocenters. The zero-order valence-electron chi connectivity index (χ0n) is 9.64. The minimum Gasteiger partial charge on any atom is -0.496 e.